The number of nitriles is 1. The Hall–Kier alpha value is -1.89. The molecule has 1 aromatic heterocycles. The van der Waals surface area contributed by atoms with Gasteiger partial charge in [-0.25, -0.2) is 0 Å². The van der Waals surface area contributed by atoms with E-state index in [1.807, 2.05) is 19.1 Å². The van der Waals surface area contributed by atoms with Crippen molar-refractivity contribution in [1.82, 2.24) is 4.98 Å². The van der Waals surface area contributed by atoms with Crippen LogP contribution in [-0.4, -0.2) is 17.6 Å². The van der Waals surface area contributed by atoms with Gasteiger partial charge in [0, 0.05) is 6.20 Å². The first-order chi connectivity index (χ1) is 7.19. The molecule has 4 heteroatoms. The Morgan fingerprint density at radius 3 is 3.00 bits per heavy atom. The normalized spacial score (nSPS) is 11.5. The van der Waals surface area contributed by atoms with Crippen molar-refractivity contribution in [2.75, 3.05) is 6.61 Å². The Morgan fingerprint density at radius 2 is 2.47 bits per heavy atom. The lowest BCUT2D eigenvalue weighted by molar-refractivity contribution is -0.143. The van der Waals surface area contributed by atoms with Gasteiger partial charge in [0.15, 0.2) is 5.92 Å². The quantitative estimate of drug-likeness (QED) is 0.701. The molecule has 0 N–H and O–H groups in total. The lowest BCUT2D eigenvalue weighted by Crippen LogP contribution is -2.15. The highest BCUT2D eigenvalue weighted by atomic mass is 16.5. The van der Waals surface area contributed by atoms with Crippen molar-refractivity contribution in [3.63, 3.8) is 0 Å². The summed E-state index contributed by atoms with van der Waals surface area (Å²) >= 11 is 0. The van der Waals surface area contributed by atoms with E-state index in [2.05, 4.69) is 4.98 Å². The fraction of sp³-hybridized carbons (Fsp3) is 0.364. The Kier molecular flexibility index (Phi) is 3.81. The van der Waals surface area contributed by atoms with E-state index in [0.717, 1.165) is 5.56 Å². The molecule has 0 aromatic carbocycles. The second kappa shape index (κ2) is 5.11. The number of ether oxygens (including phenoxy) is 1. The average molecular weight is 204 g/mol. The molecule has 0 aliphatic rings. The van der Waals surface area contributed by atoms with Crippen molar-refractivity contribution in [1.29, 1.82) is 5.26 Å². The molecule has 1 heterocycles. The summed E-state index contributed by atoms with van der Waals surface area (Å²) in [5.41, 5.74) is 1.40. The summed E-state index contributed by atoms with van der Waals surface area (Å²) in [5, 5.41) is 8.88. The smallest absolute Gasteiger partial charge is 0.329 e. The number of aryl methyl sites for hydroxylation is 1. The highest BCUT2D eigenvalue weighted by Crippen LogP contribution is 2.15. The fourth-order valence-electron chi connectivity index (χ4n) is 1.18. The first kappa shape index (κ1) is 11.2. The van der Waals surface area contributed by atoms with Gasteiger partial charge in [0.1, 0.15) is 0 Å². The summed E-state index contributed by atoms with van der Waals surface area (Å²) in [6.07, 6.45) is 1.58. The third kappa shape index (κ3) is 2.78. The van der Waals surface area contributed by atoms with Crippen LogP contribution in [0.15, 0.2) is 18.3 Å². The van der Waals surface area contributed by atoms with E-state index >= 15 is 0 Å². The minimum absolute atomic E-state index is 0.267. The topological polar surface area (TPSA) is 63.0 Å². The summed E-state index contributed by atoms with van der Waals surface area (Å²) in [4.78, 5) is 15.4. The van der Waals surface area contributed by atoms with Crippen LogP contribution in [0.25, 0.3) is 0 Å². The van der Waals surface area contributed by atoms with Crippen molar-refractivity contribution in [2.45, 2.75) is 19.8 Å². The van der Waals surface area contributed by atoms with E-state index in [4.69, 9.17) is 10.00 Å². The van der Waals surface area contributed by atoms with Crippen molar-refractivity contribution in [3.05, 3.63) is 29.6 Å². The van der Waals surface area contributed by atoms with Crippen molar-refractivity contribution in [3.8, 4) is 6.07 Å². The summed E-state index contributed by atoms with van der Waals surface area (Å²) in [6, 6.07) is 5.41. The molecular formula is C11H12N2O2. The van der Waals surface area contributed by atoms with Gasteiger partial charge in [-0.05, 0) is 31.5 Å². The molecular weight excluding hydrogens is 192 g/mol. The molecule has 0 amide bonds. The third-order valence-electron chi connectivity index (χ3n) is 1.88. The molecule has 0 bridgehead atoms. The summed E-state index contributed by atoms with van der Waals surface area (Å²) in [5.74, 6) is -1.47. The molecule has 1 atom stereocenters. The number of hydrogen-bond acceptors (Lipinski definition) is 4. The SMILES string of the molecule is CCOC(=O)C(C#N)c1cc(C)ccn1. The summed E-state index contributed by atoms with van der Waals surface area (Å²) in [6.45, 7) is 3.85. The largest absolute Gasteiger partial charge is 0.465 e. The van der Waals surface area contributed by atoms with Gasteiger partial charge in [-0.3, -0.25) is 9.78 Å². The first-order valence-electron chi connectivity index (χ1n) is 4.67. The van der Waals surface area contributed by atoms with Gasteiger partial charge < -0.3 is 4.74 Å². The van der Waals surface area contributed by atoms with Crippen LogP contribution in [0.4, 0.5) is 0 Å². The first-order valence-corrected chi connectivity index (χ1v) is 4.67. The fourth-order valence-corrected chi connectivity index (χ4v) is 1.18. The number of carbonyl (C=O) groups excluding carboxylic acids is 1. The number of aromatic nitrogens is 1. The van der Waals surface area contributed by atoms with Gasteiger partial charge in [-0.1, -0.05) is 0 Å². The van der Waals surface area contributed by atoms with E-state index < -0.39 is 11.9 Å². The second-order valence-corrected chi connectivity index (χ2v) is 3.07. The number of carbonyl (C=O) groups is 1. The summed E-state index contributed by atoms with van der Waals surface area (Å²) in [7, 11) is 0. The van der Waals surface area contributed by atoms with Gasteiger partial charge in [-0.15, -0.1) is 0 Å². The number of nitrogens with zero attached hydrogens (tertiary/aromatic N) is 2. The van der Waals surface area contributed by atoms with Crippen LogP contribution in [0.2, 0.25) is 0 Å². The lowest BCUT2D eigenvalue weighted by atomic mass is 10.1. The molecule has 0 fully saturated rings. The van der Waals surface area contributed by atoms with Crippen molar-refractivity contribution < 1.29 is 9.53 Å². The number of hydrogen-bond donors (Lipinski definition) is 0. The molecule has 0 saturated carbocycles. The average Bonchev–Trinajstić information content (AvgIpc) is 2.19. The highest BCUT2D eigenvalue weighted by Gasteiger charge is 2.22. The van der Waals surface area contributed by atoms with Crippen molar-refractivity contribution in [2.24, 2.45) is 0 Å². The predicted molar refractivity (Wildman–Crippen MR) is 54.0 cm³/mol. The van der Waals surface area contributed by atoms with E-state index in [1.165, 1.54) is 0 Å². The van der Waals surface area contributed by atoms with E-state index in [-0.39, 0.29) is 6.61 Å². The molecule has 1 unspecified atom stereocenters. The van der Waals surface area contributed by atoms with Crippen LogP contribution in [0.3, 0.4) is 0 Å². The highest BCUT2D eigenvalue weighted by molar-refractivity contribution is 5.80. The molecule has 78 valence electrons. The zero-order valence-corrected chi connectivity index (χ0v) is 8.73. The van der Waals surface area contributed by atoms with Crippen LogP contribution in [0.1, 0.15) is 24.1 Å². The number of pyridine rings is 1. The maximum Gasteiger partial charge on any atom is 0.329 e. The van der Waals surface area contributed by atoms with Gasteiger partial charge in [0.25, 0.3) is 0 Å². The third-order valence-corrected chi connectivity index (χ3v) is 1.88. The zero-order valence-electron chi connectivity index (χ0n) is 8.73. The maximum atomic E-state index is 11.4. The van der Waals surface area contributed by atoms with Gasteiger partial charge in [0.2, 0.25) is 0 Å². The lowest BCUT2D eigenvalue weighted by Gasteiger charge is -2.07. The van der Waals surface area contributed by atoms with Gasteiger partial charge >= 0.3 is 5.97 Å². The van der Waals surface area contributed by atoms with Crippen LogP contribution in [-0.2, 0) is 9.53 Å². The van der Waals surface area contributed by atoms with E-state index in [1.54, 1.807) is 19.2 Å². The molecule has 1 rings (SSSR count). The number of rotatable bonds is 3. The van der Waals surface area contributed by atoms with E-state index in [0.29, 0.717) is 5.69 Å². The summed E-state index contributed by atoms with van der Waals surface area (Å²) < 4.78 is 4.79. The monoisotopic (exact) mass is 204 g/mol. The molecule has 0 aliphatic heterocycles. The molecule has 0 radical (unpaired) electrons. The van der Waals surface area contributed by atoms with Crippen LogP contribution in [0, 0.1) is 18.3 Å². The van der Waals surface area contributed by atoms with Crippen LogP contribution >= 0.6 is 0 Å². The number of esters is 1. The predicted octanol–water partition coefficient (Wildman–Crippen LogP) is 1.56. The zero-order chi connectivity index (χ0) is 11.3. The minimum Gasteiger partial charge on any atom is -0.465 e. The Morgan fingerprint density at radius 1 is 1.73 bits per heavy atom. The Labute approximate surface area is 88.5 Å². The Balaban J connectivity index is 2.93. The second-order valence-electron chi connectivity index (χ2n) is 3.07. The maximum absolute atomic E-state index is 11.4. The molecule has 4 nitrogen and oxygen atoms in total. The van der Waals surface area contributed by atoms with E-state index in [9.17, 15) is 4.79 Å². The van der Waals surface area contributed by atoms with Gasteiger partial charge in [0.05, 0.1) is 18.4 Å². The van der Waals surface area contributed by atoms with Crippen LogP contribution < -0.4 is 0 Å². The van der Waals surface area contributed by atoms with Gasteiger partial charge in [-0.2, -0.15) is 5.26 Å². The minimum atomic E-state index is -0.926. The Bertz CT molecular complexity index is 396. The molecule has 15 heavy (non-hydrogen) atoms. The molecule has 0 spiro atoms. The molecule has 1 aromatic rings. The van der Waals surface area contributed by atoms with Crippen molar-refractivity contribution >= 4 is 5.97 Å². The van der Waals surface area contributed by atoms with Crippen LogP contribution in [0.5, 0.6) is 0 Å². The molecule has 0 saturated heterocycles. The standard InChI is InChI=1S/C11H12N2O2/c1-3-15-11(14)9(7-12)10-6-8(2)4-5-13-10/h4-6,9H,3H2,1-2H3. The molecule has 0 aliphatic carbocycles.